The summed E-state index contributed by atoms with van der Waals surface area (Å²) in [4.78, 5) is 40.1. The topological polar surface area (TPSA) is 77.9 Å². The third-order valence-electron chi connectivity index (χ3n) is 4.65. The lowest BCUT2D eigenvalue weighted by Crippen LogP contribution is -2.68. The maximum Gasteiger partial charge on any atom is 0.351 e. The van der Waals surface area contributed by atoms with Crippen LogP contribution in [0, 0.1) is 5.92 Å². The van der Waals surface area contributed by atoms with Gasteiger partial charge in [-0.25, -0.2) is 4.79 Å². The lowest BCUT2D eigenvalue weighted by Gasteiger charge is -2.47. The van der Waals surface area contributed by atoms with Crippen LogP contribution in [0.4, 0.5) is 5.69 Å². The van der Waals surface area contributed by atoms with Gasteiger partial charge in [-0.15, -0.1) is 0 Å². The third-order valence-corrected chi connectivity index (χ3v) is 4.65. The van der Waals surface area contributed by atoms with Crippen molar-refractivity contribution in [1.82, 2.24) is 4.90 Å². The van der Waals surface area contributed by atoms with E-state index in [-0.39, 0.29) is 24.7 Å². The number of carboxylic acids is 1. The van der Waals surface area contributed by atoms with E-state index < -0.39 is 11.6 Å². The minimum absolute atomic E-state index is 0.124. The normalized spacial score (nSPS) is 23.3. The molecule has 2 aliphatic rings. The van der Waals surface area contributed by atoms with Crippen molar-refractivity contribution < 1.29 is 19.5 Å². The Morgan fingerprint density at radius 1 is 1.30 bits per heavy atom. The van der Waals surface area contributed by atoms with Crippen molar-refractivity contribution >= 4 is 23.5 Å². The van der Waals surface area contributed by atoms with Crippen LogP contribution in [-0.4, -0.2) is 40.0 Å². The van der Waals surface area contributed by atoms with Gasteiger partial charge in [0.05, 0.1) is 11.3 Å². The minimum Gasteiger partial charge on any atom is -0.478 e. The van der Waals surface area contributed by atoms with Crippen LogP contribution in [0.25, 0.3) is 0 Å². The molecule has 0 saturated carbocycles. The van der Waals surface area contributed by atoms with Crippen molar-refractivity contribution in [2.75, 3.05) is 11.4 Å². The van der Waals surface area contributed by atoms with Crippen molar-refractivity contribution in [3.63, 3.8) is 0 Å². The molecular formula is C17H20N2O4. The fraction of sp³-hybridized carbons (Fsp3) is 0.471. The summed E-state index contributed by atoms with van der Waals surface area (Å²) < 4.78 is 0. The predicted molar refractivity (Wildman–Crippen MR) is 84.0 cm³/mol. The van der Waals surface area contributed by atoms with Crippen LogP contribution in [0.15, 0.2) is 24.3 Å². The number of carbonyl (C=O) groups is 3. The van der Waals surface area contributed by atoms with E-state index in [9.17, 15) is 19.5 Å². The van der Waals surface area contributed by atoms with Crippen molar-refractivity contribution in [3.05, 3.63) is 29.8 Å². The largest absolute Gasteiger partial charge is 0.478 e. The van der Waals surface area contributed by atoms with Gasteiger partial charge in [-0.05, 0) is 24.5 Å². The average Bonchev–Trinajstić information content (AvgIpc) is 2.86. The number of hydrogen-bond donors (Lipinski definition) is 1. The molecule has 0 unspecified atom stereocenters. The number of hydrogen-bond acceptors (Lipinski definition) is 3. The Kier molecular flexibility index (Phi) is 3.62. The van der Waals surface area contributed by atoms with Gasteiger partial charge < -0.3 is 10.0 Å². The van der Waals surface area contributed by atoms with Crippen LogP contribution in [-0.2, 0) is 9.59 Å². The Balaban J connectivity index is 2.17. The number of amides is 2. The summed E-state index contributed by atoms with van der Waals surface area (Å²) in [6, 6.07) is 6.74. The lowest BCUT2D eigenvalue weighted by molar-refractivity contribution is -0.150. The van der Waals surface area contributed by atoms with E-state index in [2.05, 4.69) is 0 Å². The zero-order valence-electron chi connectivity index (χ0n) is 13.3. The Bertz CT molecular complexity index is 685. The number of carbonyl (C=O) groups excluding carboxylic acids is 2. The number of aliphatic carboxylic acids is 1. The van der Waals surface area contributed by atoms with Crippen LogP contribution in [0.1, 0.15) is 43.5 Å². The quantitative estimate of drug-likeness (QED) is 0.922. The fourth-order valence-corrected chi connectivity index (χ4v) is 3.46. The highest BCUT2D eigenvalue weighted by Gasteiger charge is 2.61. The summed E-state index contributed by atoms with van der Waals surface area (Å²) in [7, 11) is 0. The third kappa shape index (κ3) is 2.12. The fourth-order valence-electron chi connectivity index (χ4n) is 3.46. The number of fused-ring (bicyclic) bond motifs is 3. The molecule has 0 spiro atoms. The second-order valence-electron chi connectivity index (χ2n) is 6.51. The Labute approximate surface area is 134 Å². The molecule has 1 atom stereocenters. The molecule has 23 heavy (non-hydrogen) atoms. The van der Waals surface area contributed by atoms with Crippen LogP contribution in [0.3, 0.4) is 0 Å². The zero-order chi connectivity index (χ0) is 16.8. The predicted octanol–water partition coefficient (Wildman–Crippen LogP) is 2.10. The van der Waals surface area contributed by atoms with Crippen LogP contribution in [0.5, 0.6) is 0 Å². The maximum absolute atomic E-state index is 12.9. The molecule has 0 bridgehead atoms. The van der Waals surface area contributed by atoms with Gasteiger partial charge in [0.1, 0.15) is 0 Å². The summed E-state index contributed by atoms with van der Waals surface area (Å²) in [5.74, 6) is -1.37. The first-order chi connectivity index (χ1) is 10.9. The minimum atomic E-state index is -1.59. The number of benzene rings is 1. The molecule has 6 heteroatoms. The summed E-state index contributed by atoms with van der Waals surface area (Å²) in [6.45, 7) is 4.36. The van der Waals surface area contributed by atoms with E-state index >= 15 is 0 Å². The van der Waals surface area contributed by atoms with Gasteiger partial charge in [0, 0.05) is 19.4 Å². The van der Waals surface area contributed by atoms with E-state index in [1.54, 1.807) is 24.3 Å². The molecule has 1 saturated heterocycles. The van der Waals surface area contributed by atoms with E-state index in [0.29, 0.717) is 30.1 Å². The molecule has 0 aromatic heterocycles. The molecule has 2 heterocycles. The van der Waals surface area contributed by atoms with Crippen molar-refractivity contribution in [1.29, 1.82) is 0 Å². The second kappa shape index (κ2) is 5.37. The molecule has 1 fully saturated rings. The molecule has 0 radical (unpaired) electrons. The van der Waals surface area contributed by atoms with E-state index in [0.717, 1.165) is 0 Å². The van der Waals surface area contributed by atoms with Crippen molar-refractivity contribution in [2.45, 2.75) is 38.8 Å². The van der Waals surface area contributed by atoms with Gasteiger partial charge in [0.15, 0.2) is 0 Å². The summed E-state index contributed by atoms with van der Waals surface area (Å²) in [6.07, 6.45) is 0.941. The standard InChI is InChI=1S/C17H20N2O4/c1-11(2)8-10-18-15(21)12-5-3-4-6-13(12)19-14(20)7-9-17(18,19)16(22)23/h3-6,11H,7-10H2,1-2H3,(H,22,23)/t17-/m0/s1. The second-order valence-corrected chi connectivity index (χ2v) is 6.51. The van der Waals surface area contributed by atoms with Gasteiger partial charge in [-0.1, -0.05) is 26.0 Å². The smallest absolute Gasteiger partial charge is 0.351 e. The monoisotopic (exact) mass is 316 g/mol. The van der Waals surface area contributed by atoms with E-state index in [4.69, 9.17) is 0 Å². The van der Waals surface area contributed by atoms with Crippen LogP contribution < -0.4 is 4.90 Å². The summed E-state index contributed by atoms with van der Waals surface area (Å²) >= 11 is 0. The highest BCUT2D eigenvalue weighted by atomic mass is 16.4. The Morgan fingerprint density at radius 2 is 2.00 bits per heavy atom. The zero-order valence-corrected chi connectivity index (χ0v) is 13.3. The highest BCUT2D eigenvalue weighted by Crippen LogP contribution is 2.44. The Morgan fingerprint density at radius 3 is 2.65 bits per heavy atom. The first-order valence-electron chi connectivity index (χ1n) is 7.87. The van der Waals surface area contributed by atoms with Gasteiger partial charge in [-0.3, -0.25) is 14.5 Å². The van der Waals surface area contributed by atoms with Gasteiger partial charge in [0.25, 0.3) is 5.91 Å². The highest BCUT2D eigenvalue weighted by molar-refractivity contribution is 6.15. The lowest BCUT2D eigenvalue weighted by atomic mass is 9.95. The first kappa shape index (κ1) is 15.5. The number of carboxylic acid groups (broad SMARTS) is 1. The number of para-hydroxylation sites is 1. The first-order valence-corrected chi connectivity index (χ1v) is 7.87. The van der Waals surface area contributed by atoms with Gasteiger partial charge in [0.2, 0.25) is 11.6 Å². The molecule has 2 aliphatic heterocycles. The molecule has 1 aromatic rings. The molecule has 122 valence electrons. The summed E-state index contributed by atoms with van der Waals surface area (Å²) in [5, 5.41) is 9.91. The average molecular weight is 316 g/mol. The van der Waals surface area contributed by atoms with Gasteiger partial charge >= 0.3 is 5.97 Å². The summed E-state index contributed by atoms with van der Waals surface area (Å²) in [5.41, 5.74) is -0.788. The van der Waals surface area contributed by atoms with Gasteiger partial charge in [-0.2, -0.15) is 0 Å². The number of nitrogens with zero attached hydrogens (tertiary/aromatic N) is 2. The molecule has 1 N–H and O–H groups in total. The molecule has 0 aliphatic carbocycles. The van der Waals surface area contributed by atoms with Crippen LogP contribution in [0.2, 0.25) is 0 Å². The molecule has 6 nitrogen and oxygen atoms in total. The Hall–Kier alpha value is -2.37. The molecule has 3 rings (SSSR count). The molecular weight excluding hydrogens is 296 g/mol. The number of rotatable bonds is 4. The van der Waals surface area contributed by atoms with E-state index in [1.165, 1.54) is 9.80 Å². The number of anilines is 1. The van der Waals surface area contributed by atoms with Crippen molar-refractivity contribution in [2.24, 2.45) is 5.92 Å². The van der Waals surface area contributed by atoms with E-state index in [1.807, 2.05) is 13.8 Å². The molecule has 2 amide bonds. The SMILES string of the molecule is CC(C)CCN1C(=O)c2ccccc2N2C(=O)CC[C@]12C(=O)O. The maximum atomic E-state index is 12.9. The van der Waals surface area contributed by atoms with Crippen molar-refractivity contribution in [3.8, 4) is 0 Å². The molecule has 1 aromatic carbocycles. The van der Waals surface area contributed by atoms with Crippen LogP contribution >= 0.6 is 0 Å².